The highest BCUT2D eigenvalue weighted by atomic mass is 19.1. The van der Waals surface area contributed by atoms with Crippen molar-refractivity contribution in [3.63, 3.8) is 0 Å². The first-order valence-corrected chi connectivity index (χ1v) is 7.53. The Morgan fingerprint density at radius 2 is 1.96 bits per heavy atom. The van der Waals surface area contributed by atoms with Gasteiger partial charge < -0.3 is 9.72 Å². The number of anilines is 1. The number of aromatic nitrogens is 2. The molecule has 23 heavy (non-hydrogen) atoms. The van der Waals surface area contributed by atoms with Gasteiger partial charge in [0.1, 0.15) is 5.82 Å². The third kappa shape index (κ3) is 3.23. The Morgan fingerprint density at radius 1 is 1.22 bits per heavy atom. The summed E-state index contributed by atoms with van der Waals surface area (Å²) in [6.07, 6.45) is 2.84. The minimum absolute atomic E-state index is 0.0827. The van der Waals surface area contributed by atoms with E-state index in [4.69, 9.17) is 0 Å². The first kappa shape index (κ1) is 15.2. The average molecular weight is 311 g/mol. The van der Waals surface area contributed by atoms with Crippen LogP contribution < -0.4 is 5.32 Å². The number of fused-ring (bicyclic) bond motifs is 1. The van der Waals surface area contributed by atoms with Crippen LogP contribution in [0.25, 0.3) is 5.65 Å². The van der Waals surface area contributed by atoms with Crippen molar-refractivity contribution in [1.29, 1.82) is 0 Å². The van der Waals surface area contributed by atoms with Gasteiger partial charge >= 0.3 is 0 Å². The van der Waals surface area contributed by atoms with Crippen LogP contribution >= 0.6 is 0 Å². The summed E-state index contributed by atoms with van der Waals surface area (Å²) in [6, 6.07) is 9.94. The molecule has 4 nitrogen and oxygen atoms in total. The second-order valence-electron chi connectivity index (χ2n) is 5.57. The first-order valence-electron chi connectivity index (χ1n) is 7.53. The summed E-state index contributed by atoms with van der Waals surface area (Å²) in [5.74, 6) is -0.351. The molecular formula is C18H18FN3O. The summed E-state index contributed by atoms with van der Waals surface area (Å²) >= 11 is 0. The second kappa shape index (κ2) is 6.20. The Morgan fingerprint density at radius 3 is 2.70 bits per heavy atom. The number of aryl methyl sites for hydroxylation is 3. The standard InChI is InChI=1S/C18H18FN3O/c1-12-13(2)22-11-3-4-16(18(22)20-12)21-17(23)10-7-14-5-8-15(19)9-6-14/h3-6,8-9,11H,7,10H2,1-2H3,(H,21,23). The molecule has 0 atom stereocenters. The normalized spacial score (nSPS) is 10.9. The van der Waals surface area contributed by atoms with Gasteiger partial charge in [-0.05, 0) is 50.1 Å². The van der Waals surface area contributed by atoms with Crippen LogP contribution in [0, 0.1) is 19.7 Å². The smallest absolute Gasteiger partial charge is 0.224 e. The van der Waals surface area contributed by atoms with Crippen molar-refractivity contribution in [2.45, 2.75) is 26.7 Å². The minimum atomic E-state index is -0.269. The highest BCUT2D eigenvalue weighted by Gasteiger charge is 2.10. The zero-order valence-electron chi connectivity index (χ0n) is 13.1. The third-order valence-electron chi connectivity index (χ3n) is 3.95. The molecule has 2 heterocycles. The van der Waals surface area contributed by atoms with E-state index in [1.165, 1.54) is 12.1 Å². The van der Waals surface area contributed by atoms with Crippen molar-refractivity contribution in [2.75, 3.05) is 5.32 Å². The van der Waals surface area contributed by atoms with Crippen molar-refractivity contribution in [2.24, 2.45) is 0 Å². The van der Waals surface area contributed by atoms with Crippen molar-refractivity contribution >= 4 is 17.2 Å². The maximum atomic E-state index is 12.9. The number of nitrogens with one attached hydrogen (secondary N) is 1. The van der Waals surface area contributed by atoms with E-state index in [0.717, 1.165) is 22.6 Å². The molecule has 0 fully saturated rings. The van der Waals surface area contributed by atoms with Crippen molar-refractivity contribution in [3.05, 3.63) is 65.4 Å². The molecule has 1 N–H and O–H groups in total. The first-order chi connectivity index (χ1) is 11.0. The maximum Gasteiger partial charge on any atom is 0.224 e. The van der Waals surface area contributed by atoms with E-state index in [-0.39, 0.29) is 11.7 Å². The number of benzene rings is 1. The number of rotatable bonds is 4. The monoisotopic (exact) mass is 311 g/mol. The summed E-state index contributed by atoms with van der Waals surface area (Å²) in [7, 11) is 0. The minimum Gasteiger partial charge on any atom is -0.323 e. The molecular weight excluding hydrogens is 293 g/mol. The zero-order chi connectivity index (χ0) is 16.4. The highest BCUT2D eigenvalue weighted by molar-refractivity contribution is 5.94. The van der Waals surface area contributed by atoms with Gasteiger partial charge in [0.2, 0.25) is 5.91 Å². The van der Waals surface area contributed by atoms with Crippen LogP contribution in [0.5, 0.6) is 0 Å². The molecule has 0 aliphatic rings. The number of hydrogen-bond acceptors (Lipinski definition) is 2. The number of amides is 1. The van der Waals surface area contributed by atoms with Crippen LogP contribution in [0.3, 0.4) is 0 Å². The van der Waals surface area contributed by atoms with Gasteiger partial charge in [-0.25, -0.2) is 9.37 Å². The molecule has 3 rings (SSSR count). The van der Waals surface area contributed by atoms with Gasteiger partial charge in [0.05, 0.1) is 11.4 Å². The molecule has 3 aromatic rings. The number of halogens is 1. The number of carbonyl (C=O) groups excluding carboxylic acids is 1. The Kier molecular flexibility index (Phi) is 4.10. The van der Waals surface area contributed by atoms with Crippen LogP contribution in [-0.4, -0.2) is 15.3 Å². The predicted octanol–water partition coefficient (Wildman–Crippen LogP) is 3.66. The molecule has 0 spiro atoms. The summed E-state index contributed by atoms with van der Waals surface area (Å²) in [4.78, 5) is 16.7. The van der Waals surface area contributed by atoms with E-state index in [2.05, 4.69) is 10.3 Å². The maximum absolute atomic E-state index is 12.9. The lowest BCUT2D eigenvalue weighted by Gasteiger charge is -2.07. The molecule has 0 radical (unpaired) electrons. The van der Waals surface area contributed by atoms with E-state index in [1.54, 1.807) is 12.1 Å². The third-order valence-corrected chi connectivity index (χ3v) is 3.95. The lowest BCUT2D eigenvalue weighted by molar-refractivity contribution is -0.116. The second-order valence-corrected chi connectivity index (χ2v) is 5.57. The molecule has 0 bridgehead atoms. The zero-order valence-corrected chi connectivity index (χ0v) is 13.1. The largest absolute Gasteiger partial charge is 0.323 e. The molecule has 0 aliphatic heterocycles. The van der Waals surface area contributed by atoms with Crippen LogP contribution in [0.15, 0.2) is 42.6 Å². The highest BCUT2D eigenvalue weighted by Crippen LogP contribution is 2.19. The van der Waals surface area contributed by atoms with E-state index < -0.39 is 0 Å². The van der Waals surface area contributed by atoms with Gasteiger partial charge in [0, 0.05) is 18.3 Å². The fourth-order valence-corrected chi connectivity index (χ4v) is 2.52. The number of hydrogen-bond donors (Lipinski definition) is 1. The molecule has 1 amide bonds. The summed E-state index contributed by atoms with van der Waals surface area (Å²) in [5, 5.41) is 2.91. The van der Waals surface area contributed by atoms with Crippen molar-refractivity contribution in [3.8, 4) is 0 Å². The number of carbonyl (C=O) groups is 1. The molecule has 2 aromatic heterocycles. The Hall–Kier alpha value is -2.69. The fourth-order valence-electron chi connectivity index (χ4n) is 2.52. The van der Waals surface area contributed by atoms with Crippen LogP contribution in [0.2, 0.25) is 0 Å². The van der Waals surface area contributed by atoms with E-state index in [9.17, 15) is 9.18 Å². The van der Waals surface area contributed by atoms with Crippen LogP contribution in [0.1, 0.15) is 23.4 Å². The average Bonchev–Trinajstić information content (AvgIpc) is 2.83. The van der Waals surface area contributed by atoms with E-state index >= 15 is 0 Å². The molecule has 0 aliphatic carbocycles. The molecule has 0 saturated carbocycles. The Bertz CT molecular complexity index is 853. The number of imidazole rings is 1. The molecule has 0 saturated heterocycles. The van der Waals surface area contributed by atoms with Gasteiger partial charge in [-0.2, -0.15) is 0 Å². The number of pyridine rings is 1. The van der Waals surface area contributed by atoms with Gasteiger partial charge in [-0.15, -0.1) is 0 Å². The number of nitrogens with zero attached hydrogens (tertiary/aromatic N) is 2. The van der Waals surface area contributed by atoms with E-state index in [0.29, 0.717) is 18.5 Å². The molecule has 5 heteroatoms. The lowest BCUT2D eigenvalue weighted by Crippen LogP contribution is -2.13. The fraction of sp³-hybridized carbons (Fsp3) is 0.222. The van der Waals surface area contributed by atoms with Crippen LogP contribution in [0.4, 0.5) is 10.1 Å². The SMILES string of the molecule is Cc1nc2c(NC(=O)CCc3ccc(F)cc3)cccn2c1C. The Labute approximate surface area is 134 Å². The van der Waals surface area contributed by atoms with Gasteiger partial charge in [0.15, 0.2) is 5.65 Å². The Balaban J connectivity index is 1.70. The summed E-state index contributed by atoms with van der Waals surface area (Å²) in [5.41, 5.74) is 4.39. The van der Waals surface area contributed by atoms with Gasteiger partial charge in [0.25, 0.3) is 0 Å². The van der Waals surface area contributed by atoms with Gasteiger partial charge in [-0.1, -0.05) is 12.1 Å². The van der Waals surface area contributed by atoms with E-state index in [1.807, 2.05) is 36.6 Å². The van der Waals surface area contributed by atoms with Crippen molar-refractivity contribution < 1.29 is 9.18 Å². The quantitative estimate of drug-likeness (QED) is 0.799. The summed E-state index contributed by atoms with van der Waals surface area (Å²) < 4.78 is 14.8. The van der Waals surface area contributed by atoms with Crippen LogP contribution in [-0.2, 0) is 11.2 Å². The topological polar surface area (TPSA) is 46.4 Å². The predicted molar refractivity (Wildman–Crippen MR) is 88.0 cm³/mol. The molecule has 118 valence electrons. The molecule has 1 aromatic carbocycles. The summed E-state index contributed by atoms with van der Waals surface area (Å²) in [6.45, 7) is 3.94. The lowest BCUT2D eigenvalue weighted by atomic mass is 10.1. The van der Waals surface area contributed by atoms with Crippen molar-refractivity contribution in [1.82, 2.24) is 9.38 Å². The van der Waals surface area contributed by atoms with Gasteiger partial charge in [-0.3, -0.25) is 4.79 Å². The molecule has 0 unspecified atom stereocenters.